The molecule has 0 radical (unpaired) electrons. The molecule has 3 nitrogen and oxygen atoms in total. The van der Waals surface area contributed by atoms with Crippen LogP contribution in [0.2, 0.25) is 0 Å². The van der Waals surface area contributed by atoms with E-state index in [1.165, 1.54) is 31.2 Å². The molecule has 1 atom stereocenters. The molecule has 1 aromatic rings. The molecule has 3 heteroatoms. The molecule has 1 unspecified atom stereocenters. The molecule has 1 saturated carbocycles. The van der Waals surface area contributed by atoms with Gasteiger partial charge in [-0.3, -0.25) is 4.98 Å². The first kappa shape index (κ1) is 16.3. The molecular formula is C18H30N2O. The van der Waals surface area contributed by atoms with Crippen molar-refractivity contribution in [3.8, 4) is 5.75 Å². The summed E-state index contributed by atoms with van der Waals surface area (Å²) in [5.74, 6) is 2.49. The number of aromatic nitrogens is 1. The number of nitrogens with zero attached hydrogens (tertiary/aromatic N) is 1. The van der Waals surface area contributed by atoms with Gasteiger partial charge in [0.2, 0.25) is 0 Å². The average molecular weight is 290 g/mol. The van der Waals surface area contributed by atoms with Gasteiger partial charge >= 0.3 is 0 Å². The van der Waals surface area contributed by atoms with E-state index in [0.29, 0.717) is 6.04 Å². The van der Waals surface area contributed by atoms with Crippen LogP contribution >= 0.6 is 0 Å². The second-order valence-electron chi connectivity index (χ2n) is 6.68. The minimum absolute atomic E-state index is 0.190. The number of nitrogens with one attached hydrogen (secondary N) is 1. The van der Waals surface area contributed by atoms with Crippen molar-refractivity contribution in [2.75, 3.05) is 6.54 Å². The lowest BCUT2D eigenvalue weighted by Crippen LogP contribution is -2.30. The average Bonchev–Trinajstić information content (AvgIpc) is 2.45. The van der Waals surface area contributed by atoms with Crippen molar-refractivity contribution in [2.45, 2.75) is 65.5 Å². The Bertz CT molecular complexity index is 425. The van der Waals surface area contributed by atoms with Gasteiger partial charge < -0.3 is 10.1 Å². The fraction of sp³-hybridized carbons (Fsp3) is 0.722. The highest BCUT2D eigenvalue weighted by Gasteiger charge is 2.27. The van der Waals surface area contributed by atoms with E-state index in [9.17, 15) is 0 Å². The van der Waals surface area contributed by atoms with Crippen LogP contribution in [0.4, 0.5) is 0 Å². The van der Waals surface area contributed by atoms with Gasteiger partial charge in [0.1, 0.15) is 5.75 Å². The maximum Gasteiger partial charge on any atom is 0.138 e. The van der Waals surface area contributed by atoms with Gasteiger partial charge in [0.25, 0.3) is 0 Å². The summed E-state index contributed by atoms with van der Waals surface area (Å²) in [6.45, 7) is 9.65. The van der Waals surface area contributed by atoms with Gasteiger partial charge in [-0.05, 0) is 56.7 Å². The van der Waals surface area contributed by atoms with Gasteiger partial charge in [-0.15, -0.1) is 0 Å². The number of hydrogen-bond acceptors (Lipinski definition) is 3. The zero-order valence-corrected chi connectivity index (χ0v) is 13.9. The first-order valence-electron chi connectivity index (χ1n) is 8.45. The predicted molar refractivity (Wildman–Crippen MR) is 87.5 cm³/mol. The summed E-state index contributed by atoms with van der Waals surface area (Å²) in [5.41, 5.74) is 1.27. The molecule has 21 heavy (non-hydrogen) atoms. The summed E-state index contributed by atoms with van der Waals surface area (Å²) in [7, 11) is 0. The smallest absolute Gasteiger partial charge is 0.138 e. The zero-order chi connectivity index (χ0) is 15.2. The quantitative estimate of drug-likeness (QED) is 0.846. The van der Waals surface area contributed by atoms with Crippen LogP contribution in [0.25, 0.3) is 0 Å². The Morgan fingerprint density at radius 2 is 1.95 bits per heavy atom. The standard InChI is InChI=1S/C18H30N2O/c1-5-20-18(15-8-6-14(4)7-9-15)16-10-17(12-19-11-16)21-13(2)3/h10-15,18,20H,5-9H2,1-4H3. The van der Waals surface area contributed by atoms with Crippen LogP contribution in [-0.4, -0.2) is 17.6 Å². The van der Waals surface area contributed by atoms with E-state index >= 15 is 0 Å². The van der Waals surface area contributed by atoms with E-state index < -0.39 is 0 Å². The third-order valence-electron chi connectivity index (χ3n) is 4.42. The Balaban J connectivity index is 2.13. The van der Waals surface area contributed by atoms with Crippen LogP contribution in [0.1, 0.15) is 65.0 Å². The maximum absolute atomic E-state index is 5.80. The zero-order valence-electron chi connectivity index (χ0n) is 13.9. The minimum Gasteiger partial charge on any atom is -0.489 e. The second kappa shape index (κ2) is 7.79. The Morgan fingerprint density at radius 1 is 1.24 bits per heavy atom. The molecule has 1 aliphatic carbocycles. The van der Waals surface area contributed by atoms with Gasteiger partial charge in [-0.2, -0.15) is 0 Å². The molecular weight excluding hydrogens is 260 g/mol. The molecule has 0 aromatic carbocycles. The molecule has 1 aliphatic rings. The third-order valence-corrected chi connectivity index (χ3v) is 4.42. The van der Waals surface area contributed by atoms with E-state index in [1.54, 1.807) is 0 Å². The normalized spacial score (nSPS) is 24.0. The summed E-state index contributed by atoms with van der Waals surface area (Å²) in [6, 6.07) is 2.57. The largest absolute Gasteiger partial charge is 0.489 e. The SMILES string of the molecule is CCNC(c1cncc(OC(C)C)c1)C1CCC(C)CC1. The summed E-state index contributed by atoms with van der Waals surface area (Å²) in [4.78, 5) is 4.39. The van der Waals surface area contributed by atoms with E-state index in [-0.39, 0.29) is 6.10 Å². The molecule has 0 saturated heterocycles. The number of pyridine rings is 1. The minimum atomic E-state index is 0.190. The Hall–Kier alpha value is -1.09. The second-order valence-corrected chi connectivity index (χ2v) is 6.68. The Labute approximate surface area is 129 Å². The van der Waals surface area contributed by atoms with Gasteiger partial charge in [0, 0.05) is 12.2 Å². The van der Waals surface area contributed by atoms with Crippen molar-refractivity contribution in [3.05, 3.63) is 24.0 Å². The highest BCUT2D eigenvalue weighted by Crippen LogP contribution is 2.37. The van der Waals surface area contributed by atoms with Crippen molar-refractivity contribution in [1.82, 2.24) is 10.3 Å². The number of ether oxygens (including phenoxy) is 1. The molecule has 1 N–H and O–H groups in total. The van der Waals surface area contributed by atoms with E-state index in [2.05, 4.69) is 44.1 Å². The van der Waals surface area contributed by atoms with Crippen LogP contribution in [-0.2, 0) is 0 Å². The molecule has 1 aromatic heterocycles. The van der Waals surface area contributed by atoms with Gasteiger partial charge in [0.15, 0.2) is 0 Å². The molecule has 1 fully saturated rings. The Morgan fingerprint density at radius 3 is 2.57 bits per heavy atom. The summed E-state index contributed by atoms with van der Waals surface area (Å²) >= 11 is 0. The molecule has 0 amide bonds. The van der Waals surface area contributed by atoms with Crippen molar-refractivity contribution in [1.29, 1.82) is 0 Å². The molecule has 118 valence electrons. The van der Waals surface area contributed by atoms with E-state index in [1.807, 2.05) is 12.4 Å². The van der Waals surface area contributed by atoms with Crippen LogP contribution in [0, 0.1) is 11.8 Å². The Kier molecular flexibility index (Phi) is 6.04. The summed E-state index contributed by atoms with van der Waals surface area (Å²) < 4.78 is 5.80. The van der Waals surface area contributed by atoms with Gasteiger partial charge in [-0.1, -0.05) is 26.7 Å². The first-order valence-corrected chi connectivity index (χ1v) is 8.45. The van der Waals surface area contributed by atoms with Crippen molar-refractivity contribution in [2.24, 2.45) is 11.8 Å². The van der Waals surface area contributed by atoms with Crippen molar-refractivity contribution >= 4 is 0 Å². The summed E-state index contributed by atoms with van der Waals surface area (Å²) in [5, 5.41) is 3.67. The van der Waals surface area contributed by atoms with Gasteiger partial charge in [0.05, 0.1) is 12.3 Å². The number of rotatable bonds is 6. The van der Waals surface area contributed by atoms with Crippen LogP contribution in [0.5, 0.6) is 5.75 Å². The van der Waals surface area contributed by atoms with E-state index in [0.717, 1.165) is 24.1 Å². The molecule has 0 spiro atoms. The monoisotopic (exact) mass is 290 g/mol. The molecule has 1 heterocycles. The number of hydrogen-bond donors (Lipinski definition) is 1. The summed E-state index contributed by atoms with van der Waals surface area (Å²) in [6.07, 6.45) is 9.33. The lowest BCUT2D eigenvalue weighted by molar-refractivity contribution is 0.228. The van der Waals surface area contributed by atoms with Gasteiger partial charge in [-0.25, -0.2) is 0 Å². The van der Waals surface area contributed by atoms with Crippen molar-refractivity contribution in [3.63, 3.8) is 0 Å². The lowest BCUT2D eigenvalue weighted by Gasteiger charge is -2.33. The van der Waals surface area contributed by atoms with Crippen LogP contribution in [0.15, 0.2) is 18.5 Å². The fourth-order valence-corrected chi connectivity index (χ4v) is 3.34. The fourth-order valence-electron chi connectivity index (χ4n) is 3.34. The molecule has 0 bridgehead atoms. The highest BCUT2D eigenvalue weighted by molar-refractivity contribution is 5.27. The van der Waals surface area contributed by atoms with Crippen molar-refractivity contribution < 1.29 is 4.74 Å². The molecule has 0 aliphatic heterocycles. The maximum atomic E-state index is 5.80. The lowest BCUT2D eigenvalue weighted by atomic mass is 9.77. The first-order chi connectivity index (χ1) is 10.1. The topological polar surface area (TPSA) is 34.2 Å². The van der Waals surface area contributed by atoms with Crippen LogP contribution in [0.3, 0.4) is 0 Å². The predicted octanol–water partition coefficient (Wildman–Crippen LogP) is 4.35. The third kappa shape index (κ3) is 4.70. The van der Waals surface area contributed by atoms with Crippen LogP contribution < -0.4 is 10.1 Å². The highest BCUT2D eigenvalue weighted by atomic mass is 16.5. The molecule has 2 rings (SSSR count). The van der Waals surface area contributed by atoms with E-state index in [4.69, 9.17) is 4.74 Å².